The number of benzene rings is 2. The molecule has 25 heavy (non-hydrogen) atoms. The first-order chi connectivity index (χ1) is 12.0. The zero-order valence-corrected chi connectivity index (χ0v) is 14.3. The largest absolute Gasteiger partial charge is 0.465 e. The predicted molar refractivity (Wildman–Crippen MR) is 92.9 cm³/mol. The molecule has 0 radical (unpaired) electrons. The molecule has 0 unspecified atom stereocenters. The molecule has 0 atom stereocenters. The van der Waals surface area contributed by atoms with Crippen LogP contribution in [0.1, 0.15) is 43.6 Å². The number of aryl methyl sites for hydroxylation is 1. The second-order valence-corrected chi connectivity index (χ2v) is 5.25. The number of nitrogens with one attached hydrogen (secondary N) is 1. The Morgan fingerprint density at radius 3 is 2.04 bits per heavy atom. The molecule has 0 aliphatic heterocycles. The van der Waals surface area contributed by atoms with E-state index in [2.05, 4.69) is 10.1 Å². The molecule has 6 heteroatoms. The number of hydrogen-bond acceptors (Lipinski definition) is 5. The van der Waals surface area contributed by atoms with Crippen molar-refractivity contribution in [1.82, 2.24) is 0 Å². The standard InChI is InChI=1S/C19H19NO5/c1-4-12-5-7-13(8-6-12)17(21)20-16-11-14(18(22)24-2)9-10-15(16)19(23)25-3/h5-11H,4H2,1-3H3,(H,20,21). The van der Waals surface area contributed by atoms with Crippen LogP contribution in [-0.2, 0) is 15.9 Å². The van der Waals surface area contributed by atoms with Crippen molar-refractivity contribution >= 4 is 23.5 Å². The van der Waals surface area contributed by atoms with E-state index in [1.807, 2.05) is 19.1 Å². The maximum atomic E-state index is 12.4. The molecular weight excluding hydrogens is 322 g/mol. The third kappa shape index (κ3) is 4.23. The van der Waals surface area contributed by atoms with Gasteiger partial charge >= 0.3 is 11.9 Å². The van der Waals surface area contributed by atoms with Crippen molar-refractivity contribution < 1.29 is 23.9 Å². The fraction of sp³-hybridized carbons (Fsp3) is 0.211. The molecule has 0 spiro atoms. The van der Waals surface area contributed by atoms with E-state index < -0.39 is 17.8 Å². The summed E-state index contributed by atoms with van der Waals surface area (Å²) in [5.74, 6) is -1.58. The van der Waals surface area contributed by atoms with E-state index in [1.165, 1.54) is 32.4 Å². The van der Waals surface area contributed by atoms with E-state index in [9.17, 15) is 14.4 Å². The molecular formula is C19H19NO5. The van der Waals surface area contributed by atoms with E-state index in [0.717, 1.165) is 12.0 Å². The maximum absolute atomic E-state index is 12.4. The average molecular weight is 341 g/mol. The molecule has 0 heterocycles. The Labute approximate surface area is 145 Å². The second kappa shape index (κ2) is 8.10. The number of amides is 1. The zero-order valence-electron chi connectivity index (χ0n) is 14.3. The third-order valence-corrected chi connectivity index (χ3v) is 3.72. The van der Waals surface area contributed by atoms with E-state index >= 15 is 0 Å². The summed E-state index contributed by atoms with van der Waals surface area (Å²) in [7, 11) is 2.50. The van der Waals surface area contributed by atoms with Crippen molar-refractivity contribution in [3.63, 3.8) is 0 Å². The van der Waals surface area contributed by atoms with Gasteiger partial charge in [0.2, 0.25) is 0 Å². The lowest BCUT2D eigenvalue weighted by Crippen LogP contribution is -2.16. The number of carbonyl (C=O) groups excluding carboxylic acids is 3. The number of carbonyl (C=O) groups is 3. The Balaban J connectivity index is 2.35. The van der Waals surface area contributed by atoms with Crippen LogP contribution >= 0.6 is 0 Å². The Hall–Kier alpha value is -3.15. The highest BCUT2D eigenvalue weighted by molar-refractivity contribution is 6.09. The van der Waals surface area contributed by atoms with Gasteiger partial charge in [-0.2, -0.15) is 0 Å². The number of esters is 2. The monoisotopic (exact) mass is 341 g/mol. The maximum Gasteiger partial charge on any atom is 0.339 e. The minimum Gasteiger partial charge on any atom is -0.465 e. The van der Waals surface area contributed by atoms with Crippen LogP contribution in [0.3, 0.4) is 0 Å². The summed E-state index contributed by atoms with van der Waals surface area (Å²) in [6.07, 6.45) is 0.871. The third-order valence-electron chi connectivity index (χ3n) is 3.72. The molecule has 0 bridgehead atoms. The molecule has 2 rings (SSSR count). The van der Waals surface area contributed by atoms with Crippen LogP contribution < -0.4 is 5.32 Å². The Kier molecular flexibility index (Phi) is 5.89. The lowest BCUT2D eigenvalue weighted by molar-refractivity contribution is 0.0587. The molecule has 0 saturated carbocycles. The van der Waals surface area contributed by atoms with Crippen LogP contribution in [0.4, 0.5) is 5.69 Å². The molecule has 2 aromatic rings. The number of ether oxygens (including phenoxy) is 2. The van der Waals surface area contributed by atoms with Crippen molar-refractivity contribution in [3.05, 3.63) is 64.7 Å². The van der Waals surface area contributed by atoms with Crippen molar-refractivity contribution in [1.29, 1.82) is 0 Å². The highest BCUT2D eigenvalue weighted by Crippen LogP contribution is 2.21. The molecule has 0 saturated heterocycles. The molecule has 0 aliphatic rings. The lowest BCUT2D eigenvalue weighted by Gasteiger charge is -2.11. The number of hydrogen-bond donors (Lipinski definition) is 1. The number of rotatable bonds is 5. The van der Waals surface area contributed by atoms with Gasteiger partial charge < -0.3 is 14.8 Å². The highest BCUT2D eigenvalue weighted by atomic mass is 16.5. The summed E-state index contributed by atoms with van der Waals surface area (Å²) in [4.78, 5) is 36.0. The van der Waals surface area contributed by atoms with E-state index in [0.29, 0.717) is 5.56 Å². The van der Waals surface area contributed by atoms with Crippen molar-refractivity contribution in [3.8, 4) is 0 Å². The molecule has 1 amide bonds. The first-order valence-electron chi connectivity index (χ1n) is 7.71. The van der Waals surface area contributed by atoms with Gasteiger partial charge in [-0.25, -0.2) is 9.59 Å². The first-order valence-corrected chi connectivity index (χ1v) is 7.71. The van der Waals surface area contributed by atoms with Crippen LogP contribution in [-0.4, -0.2) is 32.1 Å². The van der Waals surface area contributed by atoms with Gasteiger partial charge in [-0.1, -0.05) is 19.1 Å². The molecule has 0 fully saturated rings. The molecule has 6 nitrogen and oxygen atoms in total. The van der Waals surface area contributed by atoms with E-state index in [1.54, 1.807) is 12.1 Å². The predicted octanol–water partition coefficient (Wildman–Crippen LogP) is 3.07. The molecule has 130 valence electrons. The van der Waals surface area contributed by atoms with E-state index in [4.69, 9.17) is 4.74 Å². The van der Waals surface area contributed by atoms with E-state index in [-0.39, 0.29) is 16.8 Å². The van der Waals surface area contributed by atoms with Gasteiger partial charge in [0.05, 0.1) is 31.0 Å². The van der Waals surface area contributed by atoms with Gasteiger partial charge in [-0.05, 0) is 42.3 Å². The topological polar surface area (TPSA) is 81.7 Å². The lowest BCUT2D eigenvalue weighted by atomic mass is 10.1. The van der Waals surface area contributed by atoms with Crippen molar-refractivity contribution in [2.75, 3.05) is 19.5 Å². The van der Waals surface area contributed by atoms with Gasteiger partial charge in [-0.3, -0.25) is 4.79 Å². The summed E-state index contributed by atoms with van der Waals surface area (Å²) in [6.45, 7) is 2.02. The zero-order chi connectivity index (χ0) is 18.4. The van der Waals surface area contributed by atoms with Gasteiger partial charge in [-0.15, -0.1) is 0 Å². The molecule has 0 aliphatic carbocycles. The minimum atomic E-state index is -0.618. The first kappa shape index (κ1) is 18.2. The second-order valence-electron chi connectivity index (χ2n) is 5.25. The van der Waals surface area contributed by atoms with Crippen molar-refractivity contribution in [2.45, 2.75) is 13.3 Å². The van der Waals surface area contributed by atoms with Crippen LogP contribution in [0.2, 0.25) is 0 Å². The fourth-order valence-corrected chi connectivity index (χ4v) is 2.27. The average Bonchev–Trinajstić information content (AvgIpc) is 2.66. The van der Waals surface area contributed by atoms with Crippen LogP contribution in [0, 0.1) is 0 Å². The summed E-state index contributed by atoms with van der Waals surface area (Å²) in [5.41, 5.74) is 2.09. The van der Waals surface area contributed by atoms with Gasteiger partial charge in [0.15, 0.2) is 0 Å². The van der Waals surface area contributed by atoms with Gasteiger partial charge in [0, 0.05) is 5.56 Å². The molecule has 0 aromatic heterocycles. The number of methoxy groups -OCH3 is 2. The van der Waals surface area contributed by atoms with Gasteiger partial charge in [0.25, 0.3) is 5.91 Å². The summed E-state index contributed by atoms with van der Waals surface area (Å²) >= 11 is 0. The van der Waals surface area contributed by atoms with Crippen molar-refractivity contribution in [2.24, 2.45) is 0 Å². The summed E-state index contributed by atoms with van der Waals surface area (Å²) in [5, 5.41) is 2.65. The Bertz CT molecular complexity index is 796. The Morgan fingerprint density at radius 2 is 1.48 bits per heavy atom. The smallest absolute Gasteiger partial charge is 0.339 e. The molecule has 2 aromatic carbocycles. The Morgan fingerprint density at radius 1 is 0.880 bits per heavy atom. The normalized spacial score (nSPS) is 10.0. The number of anilines is 1. The summed E-state index contributed by atoms with van der Waals surface area (Å²) in [6, 6.07) is 11.4. The summed E-state index contributed by atoms with van der Waals surface area (Å²) < 4.78 is 9.38. The highest BCUT2D eigenvalue weighted by Gasteiger charge is 2.18. The SMILES string of the molecule is CCc1ccc(C(=O)Nc2cc(C(=O)OC)ccc2C(=O)OC)cc1. The van der Waals surface area contributed by atoms with Crippen LogP contribution in [0.5, 0.6) is 0 Å². The minimum absolute atomic E-state index is 0.147. The van der Waals surface area contributed by atoms with Crippen LogP contribution in [0.25, 0.3) is 0 Å². The molecule has 1 N–H and O–H groups in total. The van der Waals surface area contributed by atoms with Crippen LogP contribution in [0.15, 0.2) is 42.5 Å². The quantitative estimate of drug-likeness (QED) is 0.845. The van der Waals surface area contributed by atoms with Gasteiger partial charge in [0.1, 0.15) is 0 Å². The fourth-order valence-electron chi connectivity index (χ4n) is 2.27.